The second-order valence-corrected chi connectivity index (χ2v) is 4.31. The summed E-state index contributed by atoms with van der Waals surface area (Å²) in [6, 6.07) is 7.99. The molecule has 0 aliphatic carbocycles. The van der Waals surface area contributed by atoms with E-state index in [1.165, 1.54) is 0 Å². The second-order valence-electron chi connectivity index (χ2n) is 4.31. The quantitative estimate of drug-likeness (QED) is 0.721. The van der Waals surface area contributed by atoms with E-state index < -0.39 is 0 Å². The van der Waals surface area contributed by atoms with E-state index in [1.807, 2.05) is 24.4 Å². The minimum absolute atomic E-state index is 0.204. The Morgan fingerprint density at radius 2 is 2.06 bits per heavy atom. The zero-order valence-corrected chi connectivity index (χ0v) is 9.89. The normalized spacial score (nSPS) is 11.4. The molecule has 92 valence electrons. The highest BCUT2D eigenvalue weighted by Gasteiger charge is 2.09. The number of H-pyrrole nitrogens is 1. The number of benzene rings is 1. The topological polar surface area (TPSA) is 76.2 Å². The largest absolute Gasteiger partial charge is 0.347 e. The Balaban J connectivity index is 2.36. The maximum absolute atomic E-state index is 11.7. The van der Waals surface area contributed by atoms with Crippen molar-refractivity contribution in [3.05, 3.63) is 46.5 Å². The van der Waals surface area contributed by atoms with Crippen LogP contribution in [0.5, 0.6) is 0 Å². The Morgan fingerprint density at radius 3 is 2.83 bits per heavy atom. The SMILES string of the molecule is NCCCc1cn2c(=O)[nH]nc2c2ccccc12. The van der Waals surface area contributed by atoms with Crippen LogP contribution in [-0.4, -0.2) is 21.1 Å². The molecule has 0 radical (unpaired) electrons. The zero-order valence-electron chi connectivity index (χ0n) is 9.89. The minimum atomic E-state index is -0.204. The predicted molar refractivity (Wildman–Crippen MR) is 70.7 cm³/mol. The van der Waals surface area contributed by atoms with Gasteiger partial charge in [0.05, 0.1) is 0 Å². The van der Waals surface area contributed by atoms with Crippen LogP contribution in [0.25, 0.3) is 16.4 Å². The van der Waals surface area contributed by atoms with E-state index in [0.29, 0.717) is 12.2 Å². The summed E-state index contributed by atoms with van der Waals surface area (Å²) in [5.74, 6) is 0. The van der Waals surface area contributed by atoms with Gasteiger partial charge in [0.2, 0.25) is 0 Å². The highest BCUT2D eigenvalue weighted by atomic mass is 16.1. The molecule has 1 aromatic carbocycles. The van der Waals surface area contributed by atoms with Gasteiger partial charge in [-0.15, -0.1) is 0 Å². The third kappa shape index (κ3) is 1.60. The molecule has 2 heterocycles. The number of hydrogen-bond acceptors (Lipinski definition) is 3. The van der Waals surface area contributed by atoms with Crippen molar-refractivity contribution >= 4 is 16.4 Å². The van der Waals surface area contributed by atoms with E-state index >= 15 is 0 Å². The molecular weight excluding hydrogens is 228 g/mol. The number of hydrogen-bond donors (Lipinski definition) is 2. The van der Waals surface area contributed by atoms with Crippen molar-refractivity contribution in [2.24, 2.45) is 5.73 Å². The number of nitrogens with one attached hydrogen (secondary N) is 1. The maximum Gasteiger partial charge on any atom is 0.347 e. The first-order valence-corrected chi connectivity index (χ1v) is 5.98. The van der Waals surface area contributed by atoms with Gasteiger partial charge in [-0.3, -0.25) is 0 Å². The van der Waals surface area contributed by atoms with Gasteiger partial charge in [-0.05, 0) is 30.3 Å². The molecule has 18 heavy (non-hydrogen) atoms. The average molecular weight is 242 g/mol. The Morgan fingerprint density at radius 1 is 1.28 bits per heavy atom. The molecular formula is C13H14N4O. The number of fused-ring (bicyclic) bond motifs is 3. The molecule has 0 aliphatic rings. The molecule has 0 saturated carbocycles. The Hall–Kier alpha value is -2.14. The standard InChI is InChI=1S/C13H14N4O/c14-7-3-4-9-8-17-12(15-16-13(17)18)11-6-2-1-5-10(9)11/h1-2,5-6,8H,3-4,7,14H2,(H,16,18). The molecule has 3 rings (SSSR count). The first-order valence-electron chi connectivity index (χ1n) is 5.98. The monoisotopic (exact) mass is 242 g/mol. The van der Waals surface area contributed by atoms with Crippen molar-refractivity contribution < 1.29 is 0 Å². The molecule has 0 bridgehead atoms. The lowest BCUT2D eigenvalue weighted by molar-refractivity contribution is 0.830. The molecule has 0 unspecified atom stereocenters. The van der Waals surface area contributed by atoms with Gasteiger partial charge >= 0.3 is 5.69 Å². The van der Waals surface area contributed by atoms with E-state index in [1.54, 1.807) is 4.40 Å². The predicted octanol–water partition coefficient (Wildman–Crippen LogP) is 1.07. The summed E-state index contributed by atoms with van der Waals surface area (Å²) in [4.78, 5) is 11.7. The summed E-state index contributed by atoms with van der Waals surface area (Å²) in [5.41, 5.74) is 7.16. The molecule has 0 atom stereocenters. The summed E-state index contributed by atoms with van der Waals surface area (Å²) in [7, 11) is 0. The maximum atomic E-state index is 11.7. The third-order valence-corrected chi connectivity index (χ3v) is 3.15. The molecule has 5 nitrogen and oxygen atoms in total. The smallest absolute Gasteiger partial charge is 0.330 e. The van der Waals surface area contributed by atoms with Crippen molar-refractivity contribution in [3.63, 3.8) is 0 Å². The van der Waals surface area contributed by atoms with Gasteiger partial charge in [-0.1, -0.05) is 24.3 Å². The van der Waals surface area contributed by atoms with Gasteiger partial charge in [0.1, 0.15) is 0 Å². The fourth-order valence-corrected chi connectivity index (χ4v) is 2.29. The van der Waals surface area contributed by atoms with Crippen molar-refractivity contribution in [1.29, 1.82) is 0 Å². The Labute approximate surface area is 103 Å². The number of pyridine rings is 1. The molecule has 2 aromatic heterocycles. The van der Waals surface area contributed by atoms with Gasteiger partial charge < -0.3 is 5.73 Å². The number of nitrogens with two attached hydrogens (primary N) is 1. The van der Waals surface area contributed by atoms with E-state index in [-0.39, 0.29) is 5.69 Å². The van der Waals surface area contributed by atoms with E-state index in [2.05, 4.69) is 16.3 Å². The van der Waals surface area contributed by atoms with Crippen LogP contribution in [0, 0.1) is 0 Å². The number of rotatable bonds is 3. The molecule has 5 heteroatoms. The van der Waals surface area contributed by atoms with Crippen LogP contribution < -0.4 is 11.4 Å². The molecule has 0 spiro atoms. The first-order chi connectivity index (χ1) is 8.81. The van der Waals surface area contributed by atoms with Crippen LogP contribution in [0.4, 0.5) is 0 Å². The molecule has 0 amide bonds. The molecule has 0 fully saturated rings. The molecule has 3 N–H and O–H groups in total. The zero-order chi connectivity index (χ0) is 12.5. The summed E-state index contributed by atoms with van der Waals surface area (Å²) in [5, 5.41) is 8.68. The molecule has 3 aromatic rings. The van der Waals surface area contributed by atoms with E-state index in [0.717, 1.165) is 29.2 Å². The number of aromatic amines is 1. The van der Waals surface area contributed by atoms with Crippen LogP contribution in [0.15, 0.2) is 35.3 Å². The molecule has 0 aliphatic heterocycles. The molecule has 0 saturated heterocycles. The Kier molecular flexibility index (Phi) is 2.60. The average Bonchev–Trinajstić information content (AvgIpc) is 2.78. The van der Waals surface area contributed by atoms with Crippen LogP contribution in [0.2, 0.25) is 0 Å². The number of aromatic nitrogens is 3. The minimum Gasteiger partial charge on any atom is -0.330 e. The van der Waals surface area contributed by atoms with Gasteiger partial charge in [-0.25, -0.2) is 14.3 Å². The third-order valence-electron chi connectivity index (χ3n) is 3.15. The fraction of sp³-hybridized carbons (Fsp3) is 0.231. The van der Waals surface area contributed by atoms with Crippen molar-refractivity contribution in [3.8, 4) is 0 Å². The number of nitrogens with zero attached hydrogens (tertiary/aromatic N) is 2. The van der Waals surface area contributed by atoms with Gasteiger partial charge in [0, 0.05) is 11.6 Å². The summed E-state index contributed by atoms with van der Waals surface area (Å²) >= 11 is 0. The second kappa shape index (κ2) is 4.27. The van der Waals surface area contributed by atoms with Crippen LogP contribution in [0.1, 0.15) is 12.0 Å². The van der Waals surface area contributed by atoms with Crippen molar-refractivity contribution in [1.82, 2.24) is 14.6 Å². The van der Waals surface area contributed by atoms with Crippen molar-refractivity contribution in [2.45, 2.75) is 12.8 Å². The fourth-order valence-electron chi connectivity index (χ4n) is 2.29. The van der Waals surface area contributed by atoms with Crippen molar-refractivity contribution in [2.75, 3.05) is 6.54 Å². The first kappa shape index (κ1) is 11.0. The Bertz CT molecular complexity index is 756. The van der Waals surface area contributed by atoms with Crippen LogP contribution in [0.3, 0.4) is 0 Å². The van der Waals surface area contributed by atoms with Gasteiger partial charge in [0.25, 0.3) is 0 Å². The highest BCUT2D eigenvalue weighted by molar-refractivity contribution is 5.95. The number of aryl methyl sites for hydroxylation is 1. The van der Waals surface area contributed by atoms with E-state index in [9.17, 15) is 4.79 Å². The summed E-state index contributed by atoms with van der Waals surface area (Å²) in [6.45, 7) is 0.645. The van der Waals surface area contributed by atoms with Gasteiger partial charge in [-0.2, -0.15) is 5.10 Å². The lowest BCUT2D eigenvalue weighted by atomic mass is 10.0. The van der Waals surface area contributed by atoms with Crippen LogP contribution in [-0.2, 0) is 6.42 Å². The lowest BCUT2D eigenvalue weighted by Crippen LogP contribution is -2.10. The highest BCUT2D eigenvalue weighted by Crippen LogP contribution is 2.22. The summed E-state index contributed by atoms with van der Waals surface area (Å²) in [6.07, 6.45) is 3.63. The van der Waals surface area contributed by atoms with Crippen LogP contribution >= 0.6 is 0 Å². The van der Waals surface area contributed by atoms with Gasteiger partial charge in [0.15, 0.2) is 5.65 Å². The lowest BCUT2D eigenvalue weighted by Gasteiger charge is -2.07. The summed E-state index contributed by atoms with van der Waals surface area (Å²) < 4.78 is 1.56. The van der Waals surface area contributed by atoms with E-state index in [4.69, 9.17) is 5.73 Å².